The minimum atomic E-state index is -1.24. The van der Waals surface area contributed by atoms with Crippen molar-refractivity contribution in [2.75, 3.05) is 12.4 Å². The third kappa shape index (κ3) is 3.23. The highest BCUT2D eigenvalue weighted by molar-refractivity contribution is 6.02. The van der Waals surface area contributed by atoms with E-state index in [-0.39, 0.29) is 11.4 Å². The zero-order valence-electron chi connectivity index (χ0n) is 8.49. The Morgan fingerprint density at radius 1 is 1.50 bits per heavy atom. The zero-order chi connectivity index (χ0) is 12.1. The second-order valence-corrected chi connectivity index (χ2v) is 2.96. The number of aliphatic carboxylic acids is 1. The third-order valence-corrected chi connectivity index (χ3v) is 1.75. The first-order chi connectivity index (χ1) is 7.52. The number of carboxylic acids is 1. The molecule has 0 unspecified atom stereocenters. The van der Waals surface area contributed by atoms with Crippen LogP contribution in [0.15, 0.2) is 18.2 Å². The van der Waals surface area contributed by atoms with Crippen LogP contribution in [-0.2, 0) is 9.59 Å². The van der Waals surface area contributed by atoms with Gasteiger partial charge in [-0.1, -0.05) is 0 Å². The smallest absolute Gasteiger partial charge is 0.312 e. The van der Waals surface area contributed by atoms with Crippen LogP contribution in [0.1, 0.15) is 6.42 Å². The van der Waals surface area contributed by atoms with Crippen molar-refractivity contribution in [2.24, 2.45) is 0 Å². The number of amides is 1. The summed E-state index contributed by atoms with van der Waals surface area (Å²) in [4.78, 5) is 21.4. The van der Waals surface area contributed by atoms with E-state index in [0.29, 0.717) is 0 Å². The first-order valence-electron chi connectivity index (χ1n) is 4.38. The lowest BCUT2D eigenvalue weighted by molar-refractivity contribution is -0.139. The molecular weight excluding hydrogens is 217 g/mol. The average molecular weight is 227 g/mol. The molecule has 0 heterocycles. The summed E-state index contributed by atoms with van der Waals surface area (Å²) in [5.74, 6) is -2.30. The summed E-state index contributed by atoms with van der Waals surface area (Å²) >= 11 is 0. The Morgan fingerprint density at radius 3 is 2.75 bits per heavy atom. The molecule has 6 heteroatoms. The van der Waals surface area contributed by atoms with Crippen molar-refractivity contribution in [1.29, 1.82) is 0 Å². The molecule has 0 fully saturated rings. The predicted octanol–water partition coefficient (Wildman–Crippen LogP) is 1.25. The number of nitrogens with one attached hydrogen (secondary N) is 1. The number of methoxy groups -OCH3 is 1. The second-order valence-electron chi connectivity index (χ2n) is 2.96. The zero-order valence-corrected chi connectivity index (χ0v) is 8.49. The monoisotopic (exact) mass is 227 g/mol. The minimum absolute atomic E-state index is 0.138. The molecule has 0 aromatic heterocycles. The molecule has 0 bridgehead atoms. The van der Waals surface area contributed by atoms with E-state index in [1.165, 1.54) is 13.2 Å². The molecule has 0 aliphatic carbocycles. The van der Waals surface area contributed by atoms with Crippen LogP contribution in [0.25, 0.3) is 0 Å². The molecule has 0 atom stereocenters. The minimum Gasteiger partial charge on any atom is -0.494 e. The van der Waals surface area contributed by atoms with Crippen molar-refractivity contribution < 1.29 is 23.8 Å². The SMILES string of the molecule is COc1cc(F)ccc1NC(=O)CC(=O)O. The van der Waals surface area contributed by atoms with Crippen LogP contribution in [0.5, 0.6) is 5.75 Å². The van der Waals surface area contributed by atoms with E-state index < -0.39 is 24.1 Å². The van der Waals surface area contributed by atoms with E-state index in [0.717, 1.165) is 12.1 Å². The highest BCUT2D eigenvalue weighted by atomic mass is 19.1. The molecule has 0 spiro atoms. The van der Waals surface area contributed by atoms with Gasteiger partial charge in [-0.3, -0.25) is 9.59 Å². The highest BCUT2D eigenvalue weighted by Gasteiger charge is 2.11. The first-order valence-corrected chi connectivity index (χ1v) is 4.38. The normalized spacial score (nSPS) is 9.62. The Bertz CT molecular complexity index is 419. The summed E-state index contributed by atoms with van der Waals surface area (Å²) in [5.41, 5.74) is 0.232. The van der Waals surface area contributed by atoms with Crippen molar-refractivity contribution in [3.8, 4) is 5.75 Å². The number of benzene rings is 1. The van der Waals surface area contributed by atoms with Gasteiger partial charge in [0.25, 0.3) is 0 Å². The lowest BCUT2D eigenvalue weighted by Gasteiger charge is -2.09. The van der Waals surface area contributed by atoms with E-state index in [1.54, 1.807) is 0 Å². The number of halogens is 1. The van der Waals surface area contributed by atoms with Gasteiger partial charge in [0.2, 0.25) is 5.91 Å². The van der Waals surface area contributed by atoms with Crippen molar-refractivity contribution in [3.63, 3.8) is 0 Å². The second kappa shape index (κ2) is 5.11. The van der Waals surface area contributed by atoms with Gasteiger partial charge in [0.1, 0.15) is 18.0 Å². The van der Waals surface area contributed by atoms with Crippen LogP contribution in [0.3, 0.4) is 0 Å². The van der Waals surface area contributed by atoms with Gasteiger partial charge in [0.15, 0.2) is 0 Å². The molecule has 1 rings (SSSR count). The fourth-order valence-corrected chi connectivity index (χ4v) is 1.10. The van der Waals surface area contributed by atoms with Crippen molar-refractivity contribution in [2.45, 2.75) is 6.42 Å². The molecule has 86 valence electrons. The van der Waals surface area contributed by atoms with E-state index in [2.05, 4.69) is 5.32 Å². The van der Waals surface area contributed by atoms with Gasteiger partial charge in [-0.2, -0.15) is 0 Å². The molecule has 1 amide bonds. The summed E-state index contributed by atoms with van der Waals surface area (Å²) in [5, 5.41) is 10.7. The van der Waals surface area contributed by atoms with Gasteiger partial charge in [0.05, 0.1) is 12.8 Å². The molecule has 0 aliphatic rings. The number of ether oxygens (including phenoxy) is 1. The topological polar surface area (TPSA) is 75.6 Å². The molecule has 5 nitrogen and oxygen atoms in total. The maximum Gasteiger partial charge on any atom is 0.312 e. The predicted molar refractivity (Wildman–Crippen MR) is 53.8 cm³/mol. The fourth-order valence-electron chi connectivity index (χ4n) is 1.10. The Labute approximate surface area is 90.8 Å². The van der Waals surface area contributed by atoms with Crippen LogP contribution in [-0.4, -0.2) is 24.1 Å². The number of carbonyl (C=O) groups excluding carboxylic acids is 1. The largest absolute Gasteiger partial charge is 0.494 e. The lowest BCUT2D eigenvalue weighted by Crippen LogP contribution is -2.16. The van der Waals surface area contributed by atoms with Crippen LogP contribution < -0.4 is 10.1 Å². The van der Waals surface area contributed by atoms with E-state index in [1.807, 2.05) is 0 Å². The van der Waals surface area contributed by atoms with Crippen LogP contribution >= 0.6 is 0 Å². The quantitative estimate of drug-likeness (QED) is 0.759. The number of carboxylic acid groups (broad SMARTS) is 1. The van der Waals surface area contributed by atoms with Crippen molar-refractivity contribution in [1.82, 2.24) is 0 Å². The number of anilines is 1. The van der Waals surface area contributed by atoms with Crippen LogP contribution in [0, 0.1) is 5.82 Å². The molecule has 0 radical (unpaired) electrons. The average Bonchev–Trinajstić information content (AvgIpc) is 2.19. The number of rotatable bonds is 4. The summed E-state index contributed by atoms with van der Waals surface area (Å²) < 4.78 is 17.6. The Hall–Kier alpha value is -2.11. The molecule has 1 aromatic rings. The Morgan fingerprint density at radius 2 is 2.19 bits per heavy atom. The maximum atomic E-state index is 12.8. The molecule has 0 saturated carbocycles. The molecule has 16 heavy (non-hydrogen) atoms. The van der Waals surface area contributed by atoms with E-state index in [4.69, 9.17) is 9.84 Å². The Balaban J connectivity index is 2.80. The molecule has 0 saturated heterocycles. The van der Waals surface area contributed by atoms with Crippen molar-refractivity contribution >= 4 is 17.6 Å². The first kappa shape index (κ1) is 12.0. The van der Waals surface area contributed by atoms with Gasteiger partial charge in [0, 0.05) is 6.07 Å². The molecule has 2 N–H and O–H groups in total. The van der Waals surface area contributed by atoms with Gasteiger partial charge >= 0.3 is 5.97 Å². The number of carbonyl (C=O) groups is 2. The highest BCUT2D eigenvalue weighted by Crippen LogP contribution is 2.24. The van der Waals surface area contributed by atoms with Gasteiger partial charge < -0.3 is 15.2 Å². The van der Waals surface area contributed by atoms with Gasteiger partial charge in [-0.25, -0.2) is 4.39 Å². The maximum absolute atomic E-state index is 12.8. The molecule has 1 aromatic carbocycles. The number of hydrogen-bond acceptors (Lipinski definition) is 3. The third-order valence-electron chi connectivity index (χ3n) is 1.75. The summed E-state index contributed by atoms with van der Waals surface area (Å²) in [6.07, 6.45) is -0.652. The summed E-state index contributed by atoms with van der Waals surface area (Å²) in [6.45, 7) is 0. The van der Waals surface area contributed by atoms with Crippen molar-refractivity contribution in [3.05, 3.63) is 24.0 Å². The summed E-state index contributed by atoms with van der Waals surface area (Å²) in [6, 6.07) is 3.53. The standard InChI is InChI=1S/C10H10FNO4/c1-16-8-4-6(11)2-3-7(8)12-9(13)5-10(14)15/h2-4H,5H2,1H3,(H,12,13)(H,14,15). The van der Waals surface area contributed by atoms with Crippen LogP contribution in [0.4, 0.5) is 10.1 Å². The molecule has 0 aliphatic heterocycles. The van der Waals surface area contributed by atoms with E-state index >= 15 is 0 Å². The summed E-state index contributed by atoms with van der Waals surface area (Å²) in [7, 11) is 1.32. The Kier molecular flexibility index (Phi) is 3.82. The van der Waals surface area contributed by atoms with E-state index in [9.17, 15) is 14.0 Å². The van der Waals surface area contributed by atoms with Gasteiger partial charge in [-0.15, -0.1) is 0 Å². The number of hydrogen-bond donors (Lipinski definition) is 2. The molecular formula is C10H10FNO4. The van der Waals surface area contributed by atoms with Gasteiger partial charge in [-0.05, 0) is 12.1 Å². The fraction of sp³-hybridized carbons (Fsp3) is 0.200. The lowest BCUT2D eigenvalue weighted by atomic mass is 10.2. The van der Waals surface area contributed by atoms with Crippen LogP contribution in [0.2, 0.25) is 0 Å².